The predicted molar refractivity (Wildman–Crippen MR) is 79.1 cm³/mol. The summed E-state index contributed by atoms with van der Waals surface area (Å²) >= 11 is 0. The van der Waals surface area contributed by atoms with Gasteiger partial charge in [0.15, 0.2) is 0 Å². The van der Waals surface area contributed by atoms with Crippen LogP contribution in [0.15, 0.2) is 24.3 Å². The molecule has 0 saturated heterocycles. The van der Waals surface area contributed by atoms with Gasteiger partial charge in [-0.05, 0) is 43.5 Å². The highest BCUT2D eigenvalue weighted by atomic mass is 16.1. The molecule has 0 aliphatic heterocycles. The summed E-state index contributed by atoms with van der Waals surface area (Å²) in [6.45, 7) is 3.77. The van der Waals surface area contributed by atoms with Gasteiger partial charge in [-0.25, -0.2) is 0 Å². The molecular weight excluding hydrogens is 238 g/mol. The first-order valence-corrected chi connectivity index (χ1v) is 6.97. The molecule has 1 fully saturated rings. The summed E-state index contributed by atoms with van der Waals surface area (Å²) in [6, 6.07) is 8.67. The van der Waals surface area contributed by atoms with Crippen LogP contribution in [0.1, 0.15) is 33.1 Å². The van der Waals surface area contributed by atoms with E-state index in [1.807, 2.05) is 38.1 Å². The molecule has 0 spiro atoms. The number of amides is 1. The van der Waals surface area contributed by atoms with Crippen molar-refractivity contribution in [1.82, 2.24) is 0 Å². The van der Waals surface area contributed by atoms with Crippen molar-refractivity contribution in [2.45, 2.75) is 45.2 Å². The molecule has 2 atom stereocenters. The van der Waals surface area contributed by atoms with Crippen LogP contribution in [-0.2, 0) is 4.79 Å². The summed E-state index contributed by atoms with van der Waals surface area (Å²) in [6.07, 6.45) is 3.26. The quantitative estimate of drug-likeness (QED) is 0.780. The van der Waals surface area contributed by atoms with Crippen molar-refractivity contribution in [2.75, 3.05) is 10.6 Å². The lowest BCUT2D eigenvalue weighted by Crippen LogP contribution is -2.20. The molecule has 1 aliphatic carbocycles. The molecule has 4 heteroatoms. The minimum Gasteiger partial charge on any atom is -0.382 e. The zero-order valence-electron chi connectivity index (χ0n) is 11.6. The van der Waals surface area contributed by atoms with Crippen LogP contribution in [0, 0.1) is 5.92 Å². The van der Waals surface area contributed by atoms with Crippen LogP contribution in [0.4, 0.5) is 11.4 Å². The Morgan fingerprint density at radius 2 is 1.84 bits per heavy atom. The van der Waals surface area contributed by atoms with Gasteiger partial charge in [-0.1, -0.05) is 13.8 Å². The van der Waals surface area contributed by atoms with Crippen LogP contribution >= 0.6 is 0 Å². The van der Waals surface area contributed by atoms with Crippen LogP contribution < -0.4 is 16.4 Å². The molecule has 4 N–H and O–H groups in total. The lowest BCUT2D eigenvalue weighted by Gasteiger charge is -2.14. The number of carbonyl (C=O) groups excluding carboxylic acids is 1. The minimum absolute atomic E-state index is 0.00206. The van der Waals surface area contributed by atoms with E-state index in [1.165, 1.54) is 0 Å². The topological polar surface area (TPSA) is 67.2 Å². The van der Waals surface area contributed by atoms with Crippen molar-refractivity contribution < 1.29 is 4.79 Å². The molecule has 104 valence electrons. The molecule has 2 rings (SSSR count). The van der Waals surface area contributed by atoms with Gasteiger partial charge < -0.3 is 16.4 Å². The van der Waals surface area contributed by atoms with E-state index in [1.54, 1.807) is 0 Å². The third-order valence-electron chi connectivity index (χ3n) is 3.52. The number of anilines is 2. The third-order valence-corrected chi connectivity index (χ3v) is 3.52. The van der Waals surface area contributed by atoms with Gasteiger partial charge >= 0.3 is 0 Å². The van der Waals surface area contributed by atoms with Crippen molar-refractivity contribution in [3.8, 4) is 0 Å². The second-order valence-corrected chi connectivity index (χ2v) is 5.64. The van der Waals surface area contributed by atoms with Gasteiger partial charge in [0.2, 0.25) is 5.91 Å². The van der Waals surface area contributed by atoms with E-state index in [0.717, 1.165) is 30.6 Å². The number of nitrogens with two attached hydrogens (primary N) is 1. The first-order chi connectivity index (χ1) is 9.04. The monoisotopic (exact) mass is 261 g/mol. The van der Waals surface area contributed by atoms with E-state index < -0.39 is 0 Å². The molecule has 2 unspecified atom stereocenters. The Morgan fingerprint density at radius 3 is 2.37 bits per heavy atom. The van der Waals surface area contributed by atoms with Gasteiger partial charge in [-0.15, -0.1) is 0 Å². The summed E-state index contributed by atoms with van der Waals surface area (Å²) in [4.78, 5) is 11.6. The van der Waals surface area contributed by atoms with E-state index >= 15 is 0 Å². The number of carbonyl (C=O) groups is 1. The Bertz CT molecular complexity index is 428. The fourth-order valence-corrected chi connectivity index (χ4v) is 2.32. The Kier molecular flexibility index (Phi) is 4.43. The predicted octanol–water partition coefficient (Wildman–Crippen LogP) is 2.57. The Balaban J connectivity index is 1.89. The van der Waals surface area contributed by atoms with Gasteiger partial charge in [-0.3, -0.25) is 4.79 Å². The van der Waals surface area contributed by atoms with Gasteiger partial charge in [0.1, 0.15) is 0 Å². The molecule has 4 nitrogen and oxygen atoms in total. The van der Waals surface area contributed by atoms with Crippen LogP contribution in [0.5, 0.6) is 0 Å². The molecule has 0 aromatic heterocycles. The molecule has 0 bridgehead atoms. The van der Waals surface area contributed by atoms with Crippen molar-refractivity contribution in [2.24, 2.45) is 11.7 Å². The largest absolute Gasteiger partial charge is 0.382 e. The van der Waals surface area contributed by atoms with E-state index in [-0.39, 0.29) is 11.8 Å². The van der Waals surface area contributed by atoms with E-state index in [0.29, 0.717) is 12.1 Å². The average Bonchev–Trinajstić information content (AvgIpc) is 2.77. The van der Waals surface area contributed by atoms with Gasteiger partial charge in [-0.2, -0.15) is 0 Å². The van der Waals surface area contributed by atoms with Crippen LogP contribution in [-0.4, -0.2) is 18.0 Å². The number of hydrogen-bond acceptors (Lipinski definition) is 3. The standard InChI is InChI=1S/C15H23N3O/c1-10(2)15(19)18-13-7-5-12(6-8-13)17-14-4-3-11(16)9-14/h5-8,10-11,14,17H,3-4,9,16H2,1-2H3,(H,18,19). The summed E-state index contributed by atoms with van der Waals surface area (Å²) < 4.78 is 0. The van der Waals surface area contributed by atoms with E-state index in [9.17, 15) is 4.79 Å². The maximum atomic E-state index is 11.6. The lowest BCUT2D eigenvalue weighted by atomic mass is 10.2. The highest BCUT2D eigenvalue weighted by Gasteiger charge is 2.21. The molecule has 1 aromatic carbocycles. The summed E-state index contributed by atoms with van der Waals surface area (Å²) in [7, 11) is 0. The Morgan fingerprint density at radius 1 is 1.21 bits per heavy atom. The molecular formula is C15H23N3O. The second kappa shape index (κ2) is 6.06. The molecule has 0 heterocycles. The lowest BCUT2D eigenvalue weighted by molar-refractivity contribution is -0.118. The highest BCUT2D eigenvalue weighted by molar-refractivity contribution is 5.92. The summed E-state index contributed by atoms with van der Waals surface area (Å²) in [5, 5.41) is 6.36. The summed E-state index contributed by atoms with van der Waals surface area (Å²) in [5.41, 5.74) is 7.82. The number of rotatable bonds is 4. The fourth-order valence-electron chi connectivity index (χ4n) is 2.32. The van der Waals surface area contributed by atoms with E-state index in [4.69, 9.17) is 5.73 Å². The van der Waals surface area contributed by atoms with Crippen molar-refractivity contribution in [1.29, 1.82) is 0 Å². The van der Waals surface area contributed by atoms with Gasteiger partial charge in [0, 0.05) is 29.4 Å². The number of nitrogens with one attached hydrogen (secondary N) is 2. The second-order valence-electron chi connectivity index (χ2n) is 5.64. The first-order valence-electron chi connectivity index (χ1n) is 6.97. The molecule has 19 heavy (non-hydrogen) atoms. The summed E-state index contributed by atoms with van der Waals surface area (Å²) in [5.74, 6) is 0.0419. The zero-order chi connectivity index (χ0) is 13.8. The smallest absolute Gasteiger partial charge is 0.226 e. The minimum atomic E-state index is -0.00206. The average molecular weight is 261 g/mol. The van der Waals surface area contributed by atoms with Crippen molar-refractivity contribution in [3.63, 3.8) is 0 Å². The van der Waals surface area contributed by atoms with Crippen molar-refractivity contribution >= 4 is 17.3 Å². The van der Waals surface area contributed by atoms with Crippen LogP contribution in [0.3, 0.4) is 0 Å². The van der Waals surface area contributed by atoms with Crippen LogP contribution in [0.2, 0.25) is 0 Å². The molecule has 0 radical (unpaired) electrons. The Hall–Kier alpha value is -1.55. The normalized spacial score (nSPS) is 22.5. The van der Waals surface area contributed by atoms with E-state index in [2.05, 4.69) is 10.6 Å². The maximum Gasteiger partial charge on any atom is 0.226 e. The maximum absolute atomic E-state index is 11.6. The first kappa shape index (κ1) is 13.9. The van der Waals surface area contributed by atoms with Gasteiger partial charge in [0.05, 0.1) is 0 Å². The third kappa shape index (κ3) is 3.96. The highest BCUT2D eigenvalue weighted by Crippen LogP contribution is 2.22. The number of benzene rings is 1. The van der Waals surface area contributed by atoms with Gasteiger partial charge in [0.25, 0.3) is 0 Å². The zero-order valence-corrected chi connectivity index (χ0v) is 11.6. The fraction of sp³-hybridized carbons (Fsp3) is 0.533. The molecule has 1 aromatic rings. The SMILES string of the molecule is CC(C)C(=O)Nc1ccc(NC2CCC(N)C2)cc1. The number of hydrogen-bond donors (Lipinski definition) is 3. The molecule has 1 saturated carbocycles. The van der Waals surface area contributed by atoms with Crippen molar-refractivity contribution in [3.05, 3.63) is 24.3 Å². The van der Waals surface area contributed by atoms with Crippen LogP contribution in [0.25, 0.3) is 0 Å². The molecule has 1 aliphatic rings. The molecule has 1 amide bonds. The Labute approximate surface area is 114 Å².